The van der Waals surface area contributed by atoms with Crippen LogP contribution in [0.5, 0.6) is 17.2 Å². The topological polar surface area (TPSA) is 80.3 Å². The zero-order chi connectivity index (χ0) is 23.5. The van der Waals surface area contributed by atoms with Gasteiger partial charge in [0.25, 0.3) is 0 Å². The quantitative estimate of drug-likeness (QED) is 0.210. The van der Waals surface area contributed by atoms with Gasteiger partial charge in [0.05, 0.1) is 6.61 Å². The number of carbonyl (C=O) groups excluding carboxylic acids is 2. The second-order valence-electron chi connectivity index (χ2n) is 6.96. The van der Waals surface area contributed by atoms with Crippen molar-refractivity contribution in [2.24, 2.45) is 0 Å². The normalized spacial score (nSPS) is 10.2. The monoisotopic (exact) mass is 440 g/mol. The summed E-state index contributed by atoms with van der Waals surface area (Å²) in [6.45, 7) is 11.3. The highest BCUT2D eigenvalue weighted by molar-refractivity contribution is 5.89. The van der Waals surface area contributed by atoms with E-state index >= 15 is 0 Å². The summed E-state index contributed by atoms with van der Waals surface area (Å²) < 4.78 is 26.9. The van der Waals surface area contributed by atoms with E-state index in [-0.39, 0.29) is 13.2 Å². The van der Waals surface area contributed by atoms with E-state index in [4.69, 9.17) is 23.7 Å². The Morgan fingerprint density at radius 3 is 1.97 bits per heavy atom. The molecule has 2 aromatic rings. The SMILES string of the molecule is C=C(C)C(=O)OCCOc1ccc(-c2ccc(OC(=O)C(=C)C)cc2)cc1OCCOC. The van der Waals surface area contributed by atoms with Crippen LogP contribution in [0.2, 0.25) is 0 Å². The van der Waals surface area contributed by atoms with Crippen LogP contribution in [0, 0.1) is 0 Å². The Hall–Kier alpha value is -3.58. The Bertz CT molecular complexity index is 961. The van der Waals surface area contributed by atoms with Crippen LogP contribution in [0.4, 0.5) is 0 Å². The number of esters is 2. The molecule has 0 aliphatic rings. The third-order valence-corrected chi connectivity index (χ3v) is 4.16. The fraction of sp³-hybridized carbons (Fsp3) is 0.280. The molecule has 2 aromatic carbocycles. The lowest BCUT2D eigenvalue weighted by molar-refractivity contribution is -0.139. The van der Waals surface area contributed by atoms with Crippen molar-refractivity contribution in [2.75, 3.05) is 33.5 Å². The third kappa shape index (κ3) is 7.59. The maximum absolute atomic E-state index is 11.7. The van der Waals surface area contributed by atoms with Crippen LogP contribution in [-0.2, 0) is 19.1 Å². The summed E-state index contributed by atoms with van der Waals surface area (Å²) >= 11 is 0. The number of ether oxygens (including phenoxy) is 5. The molecule has 0 spiro atoms. The number of benzene rings is 2. The standard InChI is InChI=1S/C25H28O7/c1-17(2)24(26)31-15-14-29-22-11-8-20(16-23(22)30-13-12-28-5)19-6-9-21(10-7-19)32-25(27)18(3)4/h6-11,16H,1,3,12-15H2,2,4-5H3. The smallest absolute Gasteiger partial charge is 0.338 e. The van der Waals surface area contributed by atoms with Gasteiger partial charge in [-0.1, -0.05) is 31.4 Å². The average Bonchev–Trinajstić information content (AvgIpc) is 2.77. The number of carbonyl (C=O) groups is 2. The molecule has 7 nitrogen and oxygen atoms in total. The molecule has 0 bridgehead atoms. The summed E-state index contributed by atoms with van der Waals surface area (Å²) in [6.07, 6.45) is 0. The minimum atomic E-state index is -0.470. The van der Waals surface area contributed by atoms with E-state index in [0.717, 1.165) is 11.1 Å². The molecule has 0 radical (unpaired) electrons. The van der Waals surface area contributed by atoms with E-state index < -0.39 is 11.9 Å². The van der Waals surface area contributed by atoms with Crippen molar-refractivity contribution in [3.05, 3.63) is 66.8 Å². The zero-order valence-corrected chi connectivity index (χ0v) is 18.6. The molecule has 0 saturated heterocycles. The van der Waals surface area contributed by atoms with Crippen molar-refractivity contribution < 1.29 is 33.3 Å². The van der Waals surface area contributed by atoms with Gasteiger partial charge in [0.1, 0.15) is 25.6 Å². The van der Waals surface area contributed by atoms with Crippen molar-refractivity contribution in [1.82, 2.24) is 0 Å². The first kappa shape index (κ1) is 24.7. The van der Waals surface area contributed by atoms with E-state index in [1.807, 2.05) is 24.3 Å². The lowest BCUT2D eigenvalue weighted by Gasteiger charge is -2.15. The molecule has 0 heterocycles. The molecule has 32 heavy (non-hydrogen) atoms. The number of hydrogen-bond acceptors (Lipinski definition) is 7. The largest absolute Gasteiger partial charge is 0.487 e. The first-order valence-electron chi connectivity index (χ1n) is 10.0. The van der Waals surface area contributed by atoms with Gasteiger partial charge in [-0.15, -0.1) is 0 Å². The van der Waals surface area contributed by atoms with Gasteiger partial charge < -0.3 is 23.7 Å². The fourth-order valence-electron chi connectivity index (χ4n) is 2.47. The van der Waals surface area contributed by atoms with Crippen LogP contribution < -0.4 is 14.2 Å². The lowest BCUT2D eigenvalue weighted by Crippen LogP contribution is -2.13. The minimum absolute atomic E-state index is 0.0926. The zero-order valence-electron chi connectivity index (χ0n) is 18.6. The van der Waals surface area contributed by atoms with Gasteiger partial charge in [-0.25, -0.2) is 9.59 Å². The second kappa shape index (κ2) is 12.3. The first-order valence-corrected chi connectivity index (χ1v) is 10.0. The van der Waals surface area contributed by atoms with Gasteiger partial charge in [-0.05, 0) is 49.2 Å². The highest BCUT2D eigenvalue weighted by Gasteiger charge is 2.11. The summed E-state index contributed by atoms with van der Waals surface area (Å²) in [5.74, 6) is 0.550. The Balaban J connectivity index is 2.12. The molecule has 0 amide bonds. The molecule has 0 aromatic heterocycles. The predicted octanol–water partition coefficient (Wildman–Crippen LogP) is 4.36. The summed E-state index contributed by atoms with van der Waals surface area (Å²) in [6, 6.07) is 12.6. The van der Waals surface area contributed by atoms with E-state index in [0.29, 0.717) is 41.6 Å². The molecule has 170 valence electrons. The number of hydrogen-bond donors (Lipinski definition) is 0. The number of rotatable bonds is 12. The molecule has 0 aliphatic carbocycles. The van der Waals surface area contributed by atoms with Crippen LogP contribution in [0.1, 0.15) is 13.8 Å². The highest BCUT2D eigenvalue weighted by atomic mass is 16.6. The van der Waals surface area contributed by atoms with Crippen LogP contribution in [0.15, 0.2) is 66.8 Å². The van der Waals surface area contributed by atoms with Crippen LogP contribution in [0.3, 0.4) is 0 Å². The molecule has 0 unspecified atom stereocenters. The number of methoxy groups -OCH3 is 1. The highest BCUT2D eigenvalue weighted by Crippen LogP contribution is 2.33. The Kier molecular flexibility index (Phi) is 9.50. The van der Waals surface area contributed by atoms with Crippen molar-refractivity contribution in [3.63, 3.8) is 0 Å². The van der Waals surface area contributed by atoms with Crippen molar-refractivity contribution >= 4 is 11.9 Å². The van der Waals surface area contributed by atoms with Gasteiger partial charge >= 0.3 is 11.9 Å². The molecule has 2 rings (SSSR count). The molecule has 0 atom stereocenters. The van der Waals surface area contributed by atoms with E-state index in [2.05, 4.69) is 13.2 Å². The van der Waals surface area contributed by atoms with Crippen LogP contribution in [0.25, 0.3) is 11.1 Å². The van der Waals surface area contributed by atoms with E-state index in [9.17, 15) is 9.59 Å². The lowest BCUT2D eigenvalue weighted by atomic mass is 10.0. The van der Waals surface area contributed by atoms with Gasteiger partial charge in [0.15, 0.2) is 11.5 Å². The van der Waals surface area contributed by atoms with E-state index in [1.165, 1.54) is 0 Å². The second-order valence-corrected chi connectivity index (χ2v) is 6.96. The van der Waals surface area contributed by atoms with Crippen LogP contribution >= 0.6 is 0 Å². The molecule has 0 saturated carbocycles. The fourth-order valence-corrected chi connectivity index (χ4v) is 2.47. The third-order valence-electron chi connectivity index (χ3n) is 4.16. The van der Waals surface area contributed by atoms with Gasteiger partial charge in [0, 0.05) is 18.3 Å². The molecular weight excluding hydrogens is 412 g/mol. The summed E-state index contributed by atoms with van der Waals surface area (Å²) in [5.41, 5.74) is 2.45. The average molecular weight is 440 g/mol. The maximum atomic E-state index is 11.7. The van der Waals surface area contributed by atoms with Crippen molar-refractivity contribution in [2.45, 2.75) is 13.8 Å². The predicted molar refractivity (Wildman–Crippen MR) is 121 cm³/mol. The first-order chi connectivity index (χ1) is 15.3. The van der Waals surface area contributed by atoms with Gasteiger partial charge in [0.2, 0.25) is 0 Å². The minimum Gasteiger partial charge on any atom is -0.487 e. The molecule has 0 N–H and O–H groups in total. The van der Waals surface area contributed by atoms with Crippen molar-refractivity contribution in [1.29, 1.82) is 0 Å². The van der Waals surface area contributed by atoms with E-state index in [1.54, 1.807) is 39.2 Å². The summed E-state index contributed by atoms with van der Waals surface area (Å²) in [7, 11) is 1.59. The molecule has 0 aliphatic heterocycles. The Morgan fingerprint density at radius 1 is 0.750 bits per heavy atom. The molecule has 0 fully saturated rings. The Morgan fingerprint density at radius 2 is 1.34 bits per heavy atom. The summed E-state index contributed by atoms with van der Waals surface area (Å²) in [5, 5.41) is 0. The van der Waals surface area contributed by atoms with Crippen molar-refractivity contribution in [3.8, 4) is 28.4 Å². The van der Waals surface area contributed by atoms with Gasteiger partial charge in [-0.3, -0.25) is 0 Å². The maximum Gasteiger partial charge on any atom is 0.338 e. The molecular formula is C25H28O7. The van der Waals surface area contributed by atoms with Gasteiger partial charge in [-0.2, -0.15) is 0 Å². The Labute approximate surface area is 188 Å². The molecule has 7 heteroatoms. The van der Waals surface area contributed by atoms with Crippen LogP contribution in [-0.4, -0.2) is 45.5 Å². The summed E-state index contributed by atoms with van der Waals surface area (Å²) in [4.78, 5) is 23.1.